The maximum absolute atomic E-state index is 6.46. The molecule has 1 atom stereocenters. The van der Waals surface area contributed by atoms with Crippen LogP contribution in [-0.2, 0) is 4.74 Å². The number of likely N-dealkylation sites (N-methyl/N-ethyl adjacent to an activating group) is 1. The number of ether oxygens (including phenoxy) is 4. The van der Waals surface area contributed by atoms with Gasteiger partial charge in [-0.3, -0.25) is 0 Å². The topological polar surface area (TPSA) is 81.2 Å². The highest BCUT2D eigenvalue weighted by Crippen LogP contribution is 2.38. The molecule has 198 valence electrons. The van der Waals surface area contributed by atoms with Crippen LogP contribution in [0.4, 0.5) is 11.5 Å². The molecule has 0 saturated carbocycles. The summed E-state index contributed by atoms with van der Waals surface area (Å²) in [5.74, 6) is 2.67. The number of nitrogens with zero attached hydrogens (tertiary/aromatic N) is 4. The Morgan fingerprint density at radius 2 is 1.97 bits per heavy atom. The summed E-state index contributed by atoms with van der Waals surface area (Å²) in [6, 6.07) is 9.29. The normalized spacial score (nSPS) is 18.7. The molecule has 1 N–H and O–H groups in total. The van der Waals surface area contributed by atoms with E-state index in [1.807, 2.05) is 24.3 Å². The number of hydrogen-bond donors (Lipinski definition) is 1. The summed E-state index contributed by atoms with van der Waals surface area (Å²) in [6.07, 6.45) is 3.28. The molecule has 0 radical (unpaired) electrons. The van der Waals surface area contributed by atoms with Crippen LogP contribution in [0.25, 0.3) is 10.9 Å². The Hall–Kier alpha value is -2.85. The lowest BCUT2D eigenvalue weighted by Crippen LogP contribution is -2.44. The van der Waals surface area contributed by atoms with Crippen molar-refractivity contribution in [3.63, 3.8) is 0 Å². The number of rotatable bonds is 10. The van der Waals surface area contributed by atoms with Crippen LogP contribution < -0.4 is 19.5 Å². The Labute approximate surface area is 222 Å². The van der Waals surface area contributed by atoms with E-state index in [4.69, 9.17) is 30.5 Å². The van der Waals surface area contributed by atoms with Crippen LogP contribution in [0.5, 0.6) is 17.2 Å². The van der Waals surface area contributed by atoms with E-state index in [1.54, 1.807) is 13.2 Å². The van der Waals surface area contributed by atoms with Crippen LogP contribution in [0.2, 0.25) is 5.02 Å². The third-order valence-electron chi connectivity index (χ3n) is 6.77. The second-order valence-corrected chi connectivity index (χ2v) is 9.87. The van der Waals surface area contributed by atoms with Gasteiger partial charge in [0, 0.05) is 57.3 Å². The Bertz CT molecular complexity index is 1200. The lowest BCUT2D eigenvalue weighted by molar-refractivity contribution is 0.141. The molecular weight excluding hydrogens is 494 g/mol. The lowest BCUT2D eigenvalue weighted by atomic mass is 10.2. The van der Waals surface area contributed by atoms with Crippen LogP contribution in [0.15, 0.2) is 36.7 Å². The summed E-state index contributed by atoms with van der Waals surface area (Å²) in [5.41, 5.74) is 1.41. The third-order valence-corrected chi connectivity index (χ3v) is 7.10. The van der Waals surface area contributed by atoms with E-state index in [0.29, 0.717) is 47.8 Å². The third kappa shape index (κ3) is 6.54. The van der Waals surface area contributed by atoms with E-state index in [9.17, 15) is 0 Å². The molecule has 2 fully saturated rings. The van der Waals surface area contributed by atoms with Crippen LogP contribution in [0.3, 0.4) is 0 Å². The van der Waals surface area contributed by atoms with Crippen LogP contribution in [-0.4, -0.2) is 92.6 Å². The highest BCUT2D eigenvalue weighted by atomic mass is 35.5. The summed E-state index contributed by atoms with van der Waals surface area (Å²) >= 11 is 6.46. The zero-order chi connectivity index (χ0) is 25.6. The van der Waals surface area contributed by atoms with E-state index in [2.05, 4.69) is 32.1 Å². The van der Waals surface area contributed by atoms with Gasteiger partial charge in [0.1, 0.15) is 35.5 Å². The quantitative estimate of drug-likeness (QED) is 0.390. The molecule has 2 aliphatic rings. The average molecular weight is 528 g/mol. The molecule has 3 heterocycles. The highest BCUT2D eigenvalue weighted by Gasteiger charge is 2.21. The van der Waals surface area contributed by atoms with E-state index in [1.165, 1.54) is 6.33 Å². The fraction of sp³-hybridized carbons (Fsp3) is 0.481. The van der Waals surface area contributed by atoms with Gasteiger partial charge in [-0.05, 0) is 25.6 Å². The minimum absolute atomic E-state index is 0.0378. The second-order valence-electron chi connectivity index (χ2n) is 9.46. The Kier molecular flexibility index (Phi) is 8.45. The van der Waals surface area contributed by atoms with Crippen molar-refractivity contribution in [3.8, 4) is 17.2 Å². The van der Waals surface area contributed by atoms with Crippen LogP contribution >= 0.6 is 11.6 Å². The summed E-state index contributed by atoms with van der Waals surface area (Å²) < 4.78 is 23.5. The second kappa shape index (κ2) is 12.1. The molecule has 37 heavy (non-hydrogen) atoms. The van der Waals surface area contributed by atoms with Gasteiger partial charge in [-0.2, -0.15) is 0 Å². The zero-order valence-corrected chi connectivity index (χ0v) is 22.2. The van der Waals surface area contributed by atoms with Gasteiger partial charge in [0.2, 0.25) is 0 Å². The van der Waals surface area contributed by atoms with Crippen molar-refractivity contribution in [1.82, 2.24) is 19.8 Å². The molecule has 2 aromatic carbocycles. The summed E-state index contributed by atoms with van der Waals surface area (Å²) in [5, 5.41) is 4.66. The smallest absolute Gasteiger partial charge is 0.145 e. The maximum Gasteiger partial charge on any atom is 0.145 e. The fourth-order valence-electron chi connectivity index (χ4n) is 4.59. The summed E-state index contributed by atoms with van der Waals surface area (Å²) in [7, 11) is 3.79. The van der Waals surface area contributed by atoms with Gasteiger partial charge >= 0.3 is 0 Å². The first kappa shape index (κ1) is 25.8. The minimum Gasteiger partial charge on any atom is -0.497 e. The number of nitrogens with one attached hydrogen (secondary N) is 1. The molecule has 9 nitrogen and oxygen atoms in total. The van der Waals surface area contributed by atoms with Crippen LogP contribution in [0, 0.1) is 0 Å². The number of halogens is 1. The Morgan fingerprint density at radius 3 is 2.76 bits per heavy atom. The van der Waals surface area contributed by atoms with Crippen molar-refractivity contribution >= 4 is 34.0 Å². The van der Waals surface area contributed by atoms with Crippen molar-refractivity contribution in [3.05, 3.63) is 41.7 Å². The number of anilines is 2. The van der Waals surface area contributed by atoms with Gasteiger partial charge in [-0.1, -0.05) is 11.6 Å². The standard InChI is InChI=1S/C27H34ClN5O4/c1-32-8-10-33(11-9-32)7-3-12-36-21-15-24-26(25(16-21)37-20-6-13-35-17-20)27(30-18-29-24)31-23-14-19(34-2)4-5-22(23)28/h4-5,14-16,18,20H,3,6-13,17H2,1-2H3,(H,29,30,31). The zero-order valence-electron chi connectivity index (χ0n) is 21.4. The van der Waals surface area contributed by atoms with Crippen molar-refractivity contribution in [1.29, 1.82) is 0 Å². The van der Waals surface area contributed by atoms with Gasteiger partial charge < -0.3 is 34.1 Å². The molecule has 2 aliphatic heterocycles. The van der Waals surface area contributed by atoms with E-state index in [0.717, 1.165) is 62.2 Å². The van der Waals surface area contributed by atoms with Gasteiger partial charge in [-0.15, -0.1) is 0 Å². The Morgan fingerprint density at radius 1 is 1.11 bits per heavy atom. The molecule has 2 saturated heterocycles. The molecule has 3 aromatic rings. The largest absolute Gasteiger partial charge is 0.497 e. The minimum atomic E-state index is -0.0378. The molecule has 0 aliphatic carbocycles. The van der Waals surface area contributed by atoms with E-state index in [-0.39, 0.29) is 6.10 Å². The summed E-state index contributed by atoms with van der Waals surface area (Å²) in [6.45, 7) is 7.35. The number of methoxy groups -OCH3 is 1. The molecule has 5 rings (SSSR count). The van der Waals surface area contributed by atoms with Crippen LogP contribution in [0.1, 0.15) is 12.8 Å². The van der Waals surface area contributed by atoms with E-state index >= 15 is 0 Å². The van der Waals surface area contributed by atoms with Gasteiger partial charge in [0.15, 0.2) is 0 Å². The Balaban J connectivity index is 1.36. The summed E-state index contributed by atoms with van der Waals surface area (Å²) in [4.78, 5) is 13.9. The molecule has 0 bridgehead atoms. The predicted molar refractivity (Wildman–Crippen MR) is 145 cm³/mol. The lowest BCUT2D eigenvalue weighted by Gasteiger charge is -2.32. The number of piperazine rings is 1. The molecule has 0 amide bonds. The van der Waals surface area contributed by atoms with Gasteiger partial charge in [0.05, 0.1) is 48.5 Å². The average Bonchev–Trinajstić information content (AvgIpc) is 3.42. The highest BCUT2D eigenvalue weighted by molar-refractivity contribution is 6.33. The first-order chi connectivity index (χ1) is 18.1. The predicted octanol–water partition coefficient (Wildman–Crippen LogP) is 4.22. The van der Waals surface area contributed by atoms with Crippen molar-refractivity contribution in [2.24, 2.45) is 0 Å². The molecule has 1 unspecified atom stereocenters. The molecule has 0 spiro atoms. The van der Waals surface area contributed by atoms with Crippen molar-refractivity contribution < 1.29 is 18.9 Å². The first-order valence-electron chi connectivity index (χ1n) is 12.8. The maximum atomic E-state index is 6.46. The first-order valence-corrected chi connectivity index (χ1v) is 13.1. The van der Waals surface area contributed by atoms with Crippen molar-refractivity contribution in [2.45, 2.75) is 18.9 Å². The number of hydrogen-bond acceptors (Lipinski definition) is 9. The van der Waals surface area contributed by atoms with Gasteiger partial charge in [-0.25, -0.2) is 9.97 Å². The molecule has 10 heteroatoms. The SMILES string of the molecule is COc1ccc(Cl)c(Nc2ncnc3cc(OCCCN4CCN(C)CC4)cc(OC4CCOC4)c23)c1. The number of fused-ring (bicyclic) bond motifs is 1. The van der Waals surface area contributed by atoms with E-state index < -0.39 is 0 Å². The molecule has 1 aromatic heterocycles. The van der Waals surface area contributed by atoms with Crippen molar-refractivity contribution in [2.75, 3.05) is 72.0 Å². The fourth-order valence-corrected chi connectivity index (χ4v) is 4.75. The van der Waals surface area contributed by atoms with Gasteiger partial charge in [0.25, 0.3) is 0 Å². The number of benzene rings is 2. The molecular formula is C27H34ClN5O4. The number of aromatic nitrogens is 2. The monoisotopic (exact) mass is 527 g/mol.